The number of benzene rings is 2. The third-order valence-corrected chi connectivity index (χ3v) is 4.59. The highest BCUT2D eigenvalue weighted by molar-refractivity contribution is 6.10. The van der Waals surface area contributed by atoms with Gasteiger partial charge in [-0.15, -0.1) is 0 Å². The van der Waals surface area contributed by atoms with Crippen LogP contribution in [0.25, 0.3) is 0 Å². The first-order chi connectivity index (χ1) is 14.5. The number of fused-ring (bicyclic) bond motifs is 1. The molecule has 0 bridgehead atoms. The fourth-order valence-electron chi connectivity index (χ4n) is 3.17. The summed E-state index contributed by atoms with van der Waals surface area (Å²) in [5.41, 5.74) is 2.61. The number of hydrogen-bond acceptors (Lipinski definition) is 7. The average Bonchev–Trinajstić information content (AvgIpc) is 2.92. The predicted molar refractivity (Wildman–Crippen MR) is 113 cm³/mol. The summed E-state index contributed by atoms with van der Waals surface area (Å²) in [6.45, 7) is 3.89. The highest BCUT2D eigenvalue weighted by Crippen LogP contribution is 2.30. The van der Waals surface area contributed by atoms with Crippen molar-refractivity contribution < 1.29 is 23.9 Å². The number of esters is 2. The van der Waals surface area contributed by atoms with Gasteiger partial charge in [0.2, 0.25) is 0 Å². The van der Waals surface area contributed by atoms with Crippen LogP contribution in [0.2, 0.25) is 0 Å². The minimum atomic E-state index is -0.668. The monoisotopic (exact) mass is 408 g/mol. The van der Waals surface area contributed by atoms with Gasteiger partial charge in [-0.05, 0) is 32.0 Å². The molecule has 0 spiro atoms. The molecule has 0 aliphatic carbocycles. The molecule has 0 fully saturated rings. The van der Waals surface area contributed by atoms with Gasteiger partial charge in [0.15, 0.2) is 5.78 Å². The average molecular weight is 408 g/mol. The molecule has 2 N–H and O–H groups in total. The molecule has 30 heavy (non-hydrogen) atoms. The van der Waals surface area contributed by atoms with Crippen LogP contribution in [-0.2, 0) is 19.1 Å². The van der Waals surface area contributed by atoms with Gasteiger partial charge < -0.3 is 20.1 Å². The second-order valence-corrected chi connectivity index (χ2v) is 6.63. The van der Waals surface area contributed by atoms with Crippen LogP contribution in [0.3, 0.4) is 0 Å². The van der Waals surface area contributed by atoms with Gasteiger partial charge in [-0.3, -0.25) is 9.59 Å². The number of carbonyl (C=O) groups is 3. The Morgan fingerprint density at radius 3 is 2.33 bits per heavy atom. The topological polar surface area (TPSA) is 93.7 Å². The van der Waals surface area contributed by atoms with Gasteiger partial charge in [0.25, 0.3) is 0 Å². The van der Waals surface area contributed by atoms with Crippen molar-refractivity contribution in [1.82, 2.24) is 0 Å². The van der Waals surface area contributed by atoms with E-state index in [1.807, 2.05) is 6.07 Å². The van der Waals surface area contributed by atoms with Crippen LogP contribution in [-0.4, -0.2) is 37.0 Å². The van der Waals surface area contributed by atoms with Crippen molar-refractivity contribution in [2.45, 2.75) is 26.3 Å². The fraction of sp³-hybridized carbons (Fsp3) is 0.261. The Bertz CT molecular complexity index is 969. The van der Waals surface area contributed by atoms with Crippen LogP contribution in [0.15, 0.2) is 60.3 Å². The molecule has 2 aromatic rings. The molecule has 7 heteroatoms. The molecule has 0 amide bonds. The smallest absolute Gasteiger partial charge is 0.337 e. The lowest BCUT2D eigenvalue weighted by molar-refractivity contribution is -0.143. The third kappa shape index (κ3) is 4.86. The van der Waals surface area contributed by atoms with E-state index < -0.39 is 18.0 Å². The molecule has 0 aromatic heterocycles. The Balaban J connectivity index is 1.91. The normalized spacial score (nSPS) is 14.9. The van der Waals surface area contributed by atoms with Crippen molar-refractivity contribution in [3.63, 3.8) is 0 Å². The Morgan fingerprint density at radius 1 is 0.900 bits per heavy atom. The van der Waals surface area contributed by atoms with Crippen LogP contribution in [0, 0.1) is 0 Å². The second-order valence-electron chi connectivity index (χ2n) is 6.63. The molecule has 1 atom stereocenters. The van der Waals surface area contributed by atoms with Gasteiger partial charge >= 0.3 is 11.9 Å². The molecule has 0 radical (unpaired) electrons. The molecule has 1 aliphatic heterocycles. The summed E-state index contributed by atoms with van der Waals surface area (Å²) in [5.74, 6) is -1.09. The highest BCUT2D eigenvalue weighted by atomic mass is 16.5. The highest BCUT2D eigenvalue weighted by Gasteiger charge is 2.28. The number of nitrogens with one attached hydrogen (secondary N) is 2. The Labute approximate surface area is 175 Å². The lowest BCUT2D eigenvalue weighted by Crippen LogP contribution is -2.30. The summed E-state index contributed by atoms with van der Waals surface area (Å²) in [7, 11) is 0. The van der Waals surface area contributed by atoms with Crippen molar-refractivity contribution in [3.05, 3.63) is 71.4 Å². The van der Waals surface area contributed by atoms with E-state index in [-0.39, 0.29) is 31.0 Å². The van der Waals surface area contributed by atoms with E-state index in [4.69, 9.17) is 9.47 Å². The lowest BCUT2D eigenvalue weighted by Gasteiger charge is -2.20. The van der Waals surface area contributed by atoms with Gasteiger partial charge in [0.1, 0.15) is 0 Å². The number of carbonyl (C=O) groups excluding carboxylic acids is 3. The first-order valence-corrected chi connectivity index (χ1v) is 9.83. The first-order valence-electron chi connectivity index (χ1n) is 9.83. The van der Waals surface area contributed by atoms with Crippen molar-refractivity contribution in [2.75, 3.05) is 23.8 Å². The zero-order valence-electron chi connectivity index (χ0n) is 16.9. The number of rotatable bonds is 7. The lowest BCUT2D eigenvalue weighted by atomic mass is 10.0. The van der Waals surface area contributed by atoms with Crippen molar-refractivity contribution in [1.29, 1.82) is 0 Å². The van der Waals surface area contributed by atoms with Crippen LogP contribution < -0.4 is 10.6 Å². The van der Waals surface area contributed by atoms with Crippen molar-refractivity contribution in [3.8, 4) is 0 Å². The summed E-state index contributed by atoms with van der Waals surface area (Å²) in [6, 6.07) is 13.5. The maximum atomic E-state index is 12.8. The zero-order valence-corrected chi connectivity index (χ0v) is 16.9. The Hall–Kier alpha value is -3.61. The van der Waals surface area contributed by atoms with Gasteiger partial charge in [-0.1, -0.05) is 30.3 Å². The zero-order chi connectivity index (χ0) is 21.5. The molecule has 1 aliphatic rings. The van der Waals surface area contributed by atoms with Gasteiger partial charge in [-0.2, -0.15) is 0 Å². The van der Waals surface area contributed by atoms with E-state index in [0.29, 0.717) is 22.5 Å². The quantitative estimate of drug-likeness (QED) is 0.535. The van der Waals surface area contributed by atoms with Gasteiger partial charge in [-0.25, -0.2) is 4.79 Å². The fourth-order valence-corrected chi connectivity index (χ4v) is 3.17. The number of anilines is 2. The van der Waals surface area contributed by atoms with E-state index in [0.717, 1.165) is 0 Å². The largest absolute Gasteiger partial charge is 0.466 e. The molecule has 2 aromatic carbocycles. The number of hydrogen-bond donors (Lipinski definition) is 2. The molecule has 7 nitrogen and oxygen atoms in total. The van der Waals surface area contributed by atoms with E-state index in [1.165, 1.54) is 6.20 Å². The van der Waals surface area contributed by atoms with E-state index in [9.17, 15) is 14.4 Å². The van der Waals surface area contributed by atoms with Gasteiger partial charge in [0, 0.05) is 17.3 Å². The molecular formula is C23H24N2O5. The van der Waals surface area contributed by atoms with Crippen LogP contribution in [0.1, 0.15) is 36.2 Å². The summed E-state index contributed by atoms with van der Waals surface area (Å²) in [6.07, 6.45) is 1.47. The van der Waals surface area contributed by atoms with Crippen molar-refractivity contribution in [2.24, 2.45) is 0 Å². The van der Waals surface area contributed by atoms with Crippen LogP contribution in [0.4, 0.5) is 11.4 Å². The van der Waals surface area contributed by atoms with Crippen LogP contribution in [0.5, 0.6) is 0 Å². The van der Waals surface area contributed by atoms with E-state index >= 15 is 0 Å². The molecular weight excluding hydrogens is 384 g/mol. The maximum absolute atomic E-state index is 12.8. The standard InChI is InChI=1S/C23H24N2O5/c1-3-29-21(26)13-19-17(23(28)30-4-2)14-24-18-11-10-16(12-20(18)25-19)22(27)15-8-6-5-7-9-15/h5-12,14,19,24-25H,3-4,13H2,1-2H3. The van der Waals surface area contributed by atoms with Gasteiger partial charge in [0.05, 0.1) is 42.6 Å². The second kappa shape index (κ2) is 9.73. The Morgan fingerprint density at radius 2 is 1.63 bits per heavy atom. The number of ketones is 1. The van der Waals surface area contributed by atoms with Crippen LogP contribution >= 0.6 is 0 Å². The molecule has 0 saturated heterocycles. The molecule has 3 rings (SSSR count). The summed E-state index contributed by atoms with van der Waals surface area (Å²) >= 11 is 0. The SMILES string of the molecule is CCOC(=O)CC1Nc2cc(C(=O)c3ccccc3)ccc2NC=C1C(=O)OCC. The Kier molecular flexibility index (Phi) is 6.85. The maximum Gasteiger partial charge on any atom is 0.337 e. The molecule has 1 heterocycles. The number of ether oxygens (including phenoxy) is 2. The minimum absolute atomic E-state index is 0.0591. The molecule has 156 valence electrons. The summed E-state index contributed by atoms with van der Waals surface area (Å²) < 4.78 is 10.2. The van der Waals surface area contributed by atoms with Crippen molar-refractivity contribution >= 4 is 29.1 Å². The third-order valence-electron chi connectivity index (χ3n) is 4.59. The minimum Gasteiger partial charge on any atom is -0.466 e. The molecule has 0 saturated carbocycles. The molecule has 1 unspecified atom stereocenters. The summed E-state index contributed by atoms with van der Waals surface area (Å²) in [5, 5.41) is 6.27. The summed E-state index contributed by atoms with van der Waals surface area (Å²) in [4.78, 5) is 37.4. The van der Waals surface area contributed by atoms with E-state index in [1.54, 1.807) is 56.3 Å². The van der Waals surface area contributed by atoms with E-state index in [2.05, 4.69) is 10.6 Å². The first kappa shape index (κ1) is 21.1. The predicted octanol–water partition coefficient (Wildman–Crippen LogP) is 3.52.